The van der Waals surface area contributed by atoms with Crippen molar-refractivity contribution in [1.82, 2.24) is 5.06 Å². The molecule has 1 saturated heterocycles. The summed E-state index contributed by atoms with van der Waals surface area (Å²) in [6.45, 7) is 1.24. The molecule has 1 aromatic rings. The molecule has 0 saturated carbocycles. The van der Waals surface area contributed by atoms with Crippen LogP contribution in [-0.4, -0.2) is 24.2 Å². The quantitative estimate of drug-likeness (QED) is 0.820. The van der Waals surface area contributed by atoms with Crippen LogP contribution in [0.2, 0.25) is 5.02 Å². The zero-order valence-electron chi connectivity index (χ0n) is 8.78. The van der Waals surface area contributed by atoms with Crippen LogP contribution in [0.3, 0.4) is 0 Å². The highest BCUT2D eigenvalue weighted by atomic mass is 35.5. The van der Waals surface area contributed by atoms with E-state index in [0.29, 0.717) is 23.9 Å². The number of nitrogens with zero attached hydrogens (tertiary/aromatic N) is 1. The normalized spacial score (nSPS) is 15.9. The van der Waals surface area contributed by atoms with Gasteiger partial charge in [0.15, 0.2) is 0 Å². The number of benzene rings is 1. The summed E-state index contributed by atoms with van der Waals surface area (Å²) in [6, 6.07) is 6.73. The summed E-state index contributed by atoms with van der Waals surface area (Å²) in [5, 5.41) is 4.75. The highest BCUT2D eigenvalue weighted by molar-refractivity contribution is 6.30. The van der Waals surface area contributed by atoms with E-state index < -0.39 is 0 Å². The van der Waals surface area contributed by atoms with Crippen molar-refractivity contribution in [1.29, 1.82) is 0 Å². The SMILES string of the molecule is O=C(Nc1ccc(Cl)cc1)N1CCCCO1. The third-order valence-corrected chi connectivity index (χ3v) is 2.58. The topological polar surface area (TPSA) is 41.6 Å². The highest BCUT2D eigenvalue weighted by Crippen LogP contribution is 2.15. The summed E-state index contributed by atoms with van der Waals surface area (Å²) in [6.07, 6.45) is 1.98. The maximum atomic E-state index is 11.7. The van der Waals surface area contributed by atoms with Crippen LogP contribution in [0.25, 0.3) is 0 Å². The fourth-order valence-electron chi connectivity index (χ4n) is 1.48. The van der Waals surface area contributed by atoms with Crippen molar-refractivity contribution in [2.75, 3.05) is 18.5 Å². The van der Waals surface area contributed by atoms with E-state index in [1.165, 1.54) is 5.06 Å². The Kier molecular flexibility index (Phi) is 3.64. The van der Waals surface area contributed by atoms with Gasteiger partial charge in [-0.3, -0.25) is 4.84 Å². The number of halogens is 1. The van der Waals surface area contributed by atoms with E-state index >= 15 is 0 Å². The number of urea groups is 1. The highest BCUT2D eigenvalue weighted by Gasteiger charge is 2.17. The van der Waals surface area contributed by atoms with Crippen molar-refractivity contribution in [3.05, 3.63) is 29.3 Å². The minimum absolute atomic E-state index is 0.234. The van der Waals surface area contributed by atoms with Crippen molar-refractivity contribution < 1.29 is 9.63 Å². The first-order valence-corrected chi connectivity index (χ1v) is 5.60. The van der Waals surface area contributed by atoms with E-state index in [0.717, 1.165) is 12.8 Å². The van der Waals surface area contributed by atoms with Gasteiger partial charge in [-0.15, -0.1) is 0 Å². The fraction of sp³-hybridized carbons (Fsp3) is 0.364. The van der Waals surface area contributed by atoms with Crippen LogP contribution < -0.4 is 5.32 Å². The van der Waals surface area contributed by atoms with Crippen LogP contribution in [0, 0.1) is 0 Å². The van der Waals surface area contributed by atoms with Gasteiger partial charge in [0.2, 0.25) is 0 Å². The number of nitrogens with one attached hydrogen (secondary N) is 1. The summed E-state index contributed by atoms with van der Waals surface area (Å²) >= 11 is 5.75. The second-order valence-electron chi connectivity index (χ2n) is 3.58. The van der Waals surface area contributed by atoms with E-state index in [4.69, 9.17) is 16.4 Å². The smallest absolute Gasteiger partial charge is 0.306 e. The van der Waals surface area contributed by atoms with E-state index in [1.54, 1.807) is 24.3 Å². The number of carbonyl (C=O) groups is 1. The van der Waals surface area contributed by atoms with Crippen molar-refractivity contribution in [3.63, 3.8) is 0 Å². The standard InChI is InChI=1S/C11H13ClN2O2/c12-9-3-5-10(6-4-9)13-11(15)14-7-1-2-8-16-14/h3-6H,1-2,7-8H2,(H,13,15). The van der Waals surface area contributed by atoms with E-state index in [2.05, 4.69) is 5.32 Å². The third-order valence-electron chi connectivity index (χ3n) is 2.32. The molecule has 0 unspecified atom stereocenters. The Balaban J connectivity index is 1.93. The summed E-state index contributed by atoms with van der Waals surface area (Å²) in [5.74, 6) is 0. The van der Waals surface area contributed by atoms with Gasteiger partial charge in [-0.25, -0.2) is 9.86 Å². The number of hydrogen-bond acceptors (Lipinski definition) is 2. The number of carbonyl (C=O) groups excluding carboxylic acids is 1. The monoisotopic (exact) mass is 240 g/mol. The Hall–Kier alpha value is -1.26. The first-order chi connectivity index (χ1) is 7.75. The maximum Gasteiger partial charge on any atom is 0.345 e. The Morgan fingerprint density at radius 2 is 2.06 bits per heavy atom. The van der Waals surface area contributed by atoms with Gasteiger partial charge in [0.25, 0.3) is 0 Å². The zero-order chi connectivity index (χ0) is 11.4. The minimum Gasteiger partial charge on any atom is -0.306 e. The first-order valence-electron chi connectivity index (χ1n) is 5.23. The van der Waals surface area contributed by atoms with Crippen molar-refractivity contribution in [2.45, 2.75) is 12.8 Å². The molecule has 0 radical (unpaired) electrons. The Morgan fingerprint density at radius 3 is 2.69 bits per heavy atom. The molecular weight excluding hydrogens is 228 g/mol. The molecular formula is C11H13ClN2O2. The van der Waals surface area contributed by atoms with Crippen LogP contribution in [0.15, 0.2) is 24.3 Å². The lowest BCUT2D eigenvalue weighted by Crippen LogP contribution is -2.38. The molecule has 4 nitrogen and oxygen atoms in total. The van der Waals surface area contributed by atoms with Gasteiger partial charge in [-0.05, 0) is 37.1 Å². The molecule has 86 valence electrons. The molecule has 2 rings (SSSR count). The van der Waals surface area contributed by atoms with Crippen LogP contribution in [0.1, 0.15) is 12.8 Å². The Labute approximate surface area is 99.1 Å². The average Bonchev–Trinajstić information content (AvgIpc) is 2.33. The van der Waals surface area contributed by atoms with Gasteiger partial charge >= 0.3 is 6.03 Å². The van der Waals surface area contributed by atoms with Gasteiger partial charge in [-0.2, -0.15) is 0 Å². The van der Waals surface area contributed by atoms with Crippen molar-refractivity contribution >= 4 is 23.3 Å². The second-order valence-corrected chi connectivity index (χ2v) is 4.02. The van der Waals surface area contributed by atoms with Crippen LogP contribution in [0.4, 0.5) is 10.5 Å². The fourth-order valence-corrected chi connectivity index (χ4v) is 1.60. The maximum absolute atomic E-state index is 11.7. The lowest BCUT2D eigenvalue weighted by Gasteiger charge is -2.25. The number of amides is 2. The molecule has 1 aromatic carbocycles. The molecule has 0 spiro atoms. The predicted molar refractivity (Wildman–Crippen MR) is 62.4 cm³/mol. The van der Waals surface area contributed by atoms with Crippen molar-refractivity contribution in [3.8, 4) is 0 Å². The molecule has 1 fully saturated rings. The van der Waals surface area contributed by atoms with Crippen molar-refractivity contribution in [2.24, 2.45) is 0 Å². The Morgan fingerprint density at radius 1 is 1.31 bits per heavy atom. The summed E-state index contributed by atoms with van der Waals surface area (Å²) in [4.78, 5) is 16.9. The van der Waals surface area contributed by atoms with Crippen LogP contribution in [0.5, 0.6) is 0 Å². The third kappa shape index (κ3) is 2.87. The Bertz CT molecular complexity index is 361. The number of rotatable bonds is 1. The number of anilines is 1. The number of hydroxylamine groups is 2. The summed E-state index contributed by atoms with van der Waals surface area (Å²) in [7, 11) is 0. The number of hydrogen-bond donors (Lipinski definition) is 1. The average molecular weight is 241 g/mol. The molecule has 0 aromatic heterocycles. The molecule has 0 bridgehead atoms. The van der Waals surface area contributed by atoms with Crippen LogP contribution in [-0.2, 0) is 4.84 Å². The van der Waals surface area contributed by atoms with Gasteiger partial charge in [0, 0.05) is 10.7 Å². The second kappa shape index (κ2) is 5.18. The summed E-state index contributed by atoms with van der Waals surface area (Å²) < 4.78 is 0. The minimum atomic E-state index is -0.234. The molecule has 1 heterocycles. The van der Waals surface area contributed by atoms with E-state index in [-0.39, 0.29) is 6.03 Å². The molecule has 1 N–H and O–H groups in total. The van der Waals surface area contributed by atoms with E-state index in [1.807, 2.05) is 0 Å². The largest absolute Gasteiger partial charge is 0.345 e. The molecule has 1 aliphatic rings. The lowest BCUT2D eigenvalue weighted by molar-refractivity contribution is -0.135. The predicted octanol–water partition coefficient (Wildman–Crippen LogP) is 2.90. The van der Waals surface area contributed by atoms with Gasteiger partial charge < -0.3 is 5.32 Å². The first kappa shape index (κ1) is 11.2. The van der Waals surface area contributed by atoms with Gasteiger partial charge in [-0.1, -0.05) is 11.6 Å². The molecule has 2 amide bonds. The van der Waals surface area contributed by atoms with Gasteiger partial charge in [0.05, 0.1) is 13.2 Å². The van der Waals surface area contributed by atoms with E-state index in [9.17, 15) is 4.79 Å². The summed E-state index contributed by atoms with van der Waals surface area (Å²) in [5.41, 5.74) is 0.712. The molecule has 1 aliphatic heterocycles. The van der Waals surface area contributed by atoms with Crippen LogP contribution >= 0.6 is 11.6 Å². The zero-order valence-corrected chi connectivity index (χ0v) is 9.54. The molecule has 16 heavy (non-hydrogen) atoms. The molecule has 5 heteroatoms. The van der Waals surface area contributed by atoms with Gasteiger partial charge in [0.1, 0.15) is 0 Å². The lowest BCUT2D eigenvalue weighted by atomic mass is 10.3. The molecule has 0 aliphatic carbocycles. The molecule has 0 atom stereocenters.